The van der Waals surface area contributed by atoms with Crippen molar-refractivity contribution in [2.45, 2.75) is 32.5 Å². The zero-order chi connectivity index (χ0) is 9.42. The normalized spacial score (nSPS) is 20.8. The van der Waals surface area contributed by atoms with Gasteiger partial charge in [-0.15, -0.1) is 0 Å². The van der Waals surface area contributed by atoms with Crippen LogP contribution in [0.15, 0.2) is 18.2 Å². The molecule has 2 heteroatoms. The van der Waals surface area contributed by atoms with Gasteiger partial charge in [0.1, 0.15) is 6.23 Å². The lowest BCUT2D eigenvalue weighted by atomic mass is 9.95. The predicted octanol–water partition coefficient (Wildman–Crippen LogP) is 1.90. The van der Waals surface area contributed by atoms with Gasteiger partial charge in [0, 0.05) is 6.54 Å². The van der Waals surface area contributed by atoms with Crippen LogP contribution >= 0.6 is 0 Å². The van der Waals surface area contributed by atoms with E-state index in [1.54, 1.807) is 0 Å². The summed E-state index contributed by atoms with van der Waals surface area (Å²) in [6.07, 6.45) is -0.464. The maximum atomic E-state index is 9.58. The van der Waals surface area contributed by atoms with Crippen LogP contribution < -0.4 is 5.32 Å². The van der Waals surface area contributed by atoms with E-state index >= 15 is 0 Å². The third-order valence-electron chi connectivity index (χ3n) is 2.64. The molecule has 0 saturated carbocycles. The van der Waals surface area contributed by atoms with Gasteiger partial charge in [0.25, 0.3) is 0 Å². The van der Waals surface area contributed by atoms with E-state index in [1.165, 1.54) is 11.1 Å². The fourth-order valence-electron chi connectivity index (χ4n) is 1.93. The molecule has 1 heterocycles. The summed E-state index contributed by atoms with van der Waals surface area (Å²) >= 11 is 0. The van der Waals surface area contributed by atoms with Crippen LogP contribution in [0, 0.1) is 0 Å². The van der Waals surface area contributed by atoms with Crippen LogP contribution in [0.4, 0.5) is 0 Å². The van der Waals surface area contributed by atoms with Crippen molar-refractivity contribution in [3.8, 4) is 0 Å². The molecule has 1 aliphatic rings. The number of aliphatic hydroxyl groups excluding tert-OH is 1. The van der Waals surface area contributed by atoms with Gasteiger partial charge in [-0.1, -0.05) is 32.0 Å². The van der Waals surface area contributed by atoms with Gasteiger partial charge < -0.3 is 5.11 Å². The van der Waals surface area contributed by atoms with E-state index in [0.717, 1.165) is 12.1 Å². The first kappa shape index (κ1) is 8.73. The van der Waals surface area contributed by atoms with Gasteiger partial charge >= 0.3 is 0 Å². The van der Waals surface area contributed by atoms with E-state index in [-0.39, 0.29) is 0 Å². The van der Waals surface area contributed by atoms with Crippen LogP contribution in [0.5, 0.6) is 0 Å². The van der Waals surface area contributed by atoms with Crippen molar-refractivity contribution in [3.05, 3.63) is 34.9 Å². The van der Waals surface area contributed by atoms with Gasteiger partial charge in [-0.05, 0) is 22.6 Å². The molecule has 1 aromatic rings. The highest BCUT2D eigenvalue weighted by molar-refractivity contribution is 5.40. The SMILES string of the molecule is CC(C)c1cccc2c1CNC2O. The third kappa shape index (κ3) is 1.36. The molecule has 2 N–H and O–H groups in total. The molecule has 2 rings (SSSR count). The zero-order valence-electron chi connectivity index (χ0n) is 8.04. The Kier molecular flexibility index (Phi) is 2.10. The van der Waals surface area contributed by atoms with Crippen molar-refractivity contribution in [1.82, 2.24) is 5.32 Å². The maximum absolute atomic E-state index is 9.58. The first-order chi connectivity index (χ1) is 6.20. The quantitative estimate of drug-likeness (QED) is 0.686. The van der Waals surface area contributed by atoms with E-state index in [0.29, 0.717) is 5.92 Å². The second-order valence-electron chi connectivity index (χ2n) is 3.85. The Morgan fingerprint density at radius 3 is 2.92 bits per heavy atom. The van der Waals surface area contributed by atoms with E-state index in [4.69, 9.17) is 0 Å². The first-order valence-electron chi connectivity index (χ1n) is 4.73. The average Bonchev–Trinajstić information content (AvgIpc) is 2.48. The van der Waals surface area contributed by atoms with E-state index in [9.17, 15) is 5.11 Å². The minimum absolute atomic E-state index is 0.464. The van der Waals surface area contributed by atoms with Crippen LogP contribution in [0.25, 0.3) is 0 Å². The van der Waals surface area contributed by atoms with Crippen LogP contribution in [-0.4, -0.2) is 5.11 Å². The molecule has 0 radical (unpaired) electrons. The summed E-state index contributed by atoms with van der Waals surface area (Å²) in [4.78, 5) is 0. The zero-order valence-corrected chi connectivity index (χ0v) is 8.04. The standard InChI is InChI=1S/C11H15NO/c1-7(2)8-4-3-5-9-10(8)6-12-11(9)13/h3-5,7,11-13H,6H2,1-2H3. The fraction of sp³-hybridized carbons (Fsp3) is 0.455. The first-order valence-corrected chi connectivity index (χ1v) is 4.73. The Balaban J connectivity index is 2.51. The highest BCUT2D eigenvalue weighted by Crippen LogP contribution is 2.29. The van der Waals surface area contributed by atoms with Crippen molar-refractivity contribution in [3.63, 3.8) is 0 Å². The molecule has 1 aliphatic heterocycles. The smallest absolute Gasteiger partial charge is 0.131 e. The molecule has 0 aromatic heterocycles. The maximum Gasteiger partial charge on any atom is 0.131 e. The minimum atomic E-state index is -0.464. The Labute approximate surface area is 78.6 Å². The average molecular weight is 177 g/mol. The Bertz CT molecular complexity index is 320. The highest BCUT2D eigenvalue weighted by Gasteiger charge is 2.22. The van der Waals surface area contributed by atoms with Crippen molar-refractivity contribution < 1.29 is 5.11 Å². The largest absolute Gasteiger partial charge is 0.374 e. The Hall–Kier alpha value is -0.860. The molecule has 70 valence electrons. The van der Waals surface area contributed by atoms with Crippen LogP contribution in [0.3, 0.4) is 0 Å². The molecule has 0 saturated heterocycles. The van der Waals surface area contributed by atoms with E-state index < -0.39 is 6.23 Å². The molecular weight excluding hydrogens is 162 g/mol. The number of hydrogen-bond donors (Lipinski definition) is 2. The number of nitrogens with one attached hydrogen (secondary N) is 1. The molecule has 1 aromatic carbocycles. The summed E-state index contributed by atoms with van der Waals surface area (Å²) in [5, 5.41) is 12.6. The van der Waals surface area contributed by atoms with Gasteiger partial charge in [-0.3, -0.25) is 5.32 Å². The number of hydrogen-bond acceptors (Lipinski definition) is 2. The number of rotatable bonds is 1. The molecule has 1 unspecified atom stereocenters. The van der Waals surface area contributed by atoms with E-state index in [2.05, 4.69) is 25.2 Å². The van der Waals surface area contributed by atoms with Crippen molar-refractivity contribution in [2.75, 3.05) is 0 Å². The second-order valence-corrected chi connectivity index (χ2v) is 3.85. The summed E-state index contributed by atoms with van der Waals surface area (Å²) in [5.74, 6) is 0.530. The van der Waals surface area contributed by atoms with Gasteiger partial charge in [-0.2, -0.15) is 0 Å². The molecule has 13 heavy (non-hydrogen) atoms. The van der Waals surface area contributed by atoms with Gasteiger partial charge in [0.05, 0.1) is 0 Å². The summed E-state index contributed by atoms with van der Waals surface area (Å²) in [5.41, 5.74) is 3.68. The Morgan fingerprint density at radius 1 is 1.46 bits per heavy atom. The molecule has 0 bridgehead atoms. The fourth-order valence-corrected chi connectivity index (χ4v) is 1.93. The summed E-state index contributed by atoms with van der Waals surface area (Å²) in [7, 11) is 0. The minimum Gasteiger partial charge on any atom is -0.374 e. The lowest BCUT2D eigenvalue weighted by molar-refractivity contribution is 0.151. The molecule has 0 amide bonds. The molecule has 0 spiro atoms. The van der Waals surface area contributed by atoms with Gasteiger partial charge in [0.15, 0.2) is 0 Å². The molecule has 0 aliphatic carbocycles. The van der Waals surface area contributed by atoms with Crippen LogP contribution in [0.1, 0.15) is 42.7 Å². The summed E-state index contributed by atoms with van der Waals surface area (Å²) in [6, 6.07) is 6.15. The highest BCUT2D eigenvalue weighted by atomic mass is 16.3. The molecule has 1 atom stereocenters. The lowest BCUT2D eigenvalue weighted by Gasteiger charge is -2.10. The summed E-state index contributed by atoms with van der Waals surface area (Å²) < 4.78 is 0. The monoisotopic (exact) mass is 177 g/mol. The second kappa shape index (κ2) is 3.13. The Morgan fingerprint density at radius 2 is 2.23 bits per heavy atom. The molecular formula is C11H15NO. The van der Waals surface area contributed by atoms with Crippen molar-refractivity contribution >= 4 is 0 Å². The number of fused-ring (bicyclic) bond motifs is 1. The van der Waals surface area contributed by atoms with Gasteiger partial charge in [0.2, 0.25) is 0 Å². The predicted molar refractivity (Wildman–Crippen MR) is 52.3 cm³/mol. The van der Waals surface area contributed by atoms with Crippen LogP contribution in [-0.2, 0) is 6.54 Å². The lowest BCUT2D eigenvalue weighted by Crippen LogP contribution is -2.10. The van der Waals surface area contributed by atoms with Crippen LogP contribution in [0.2, 0.25) is 0 Å². The topological polar surface area (TPSA) is 32.3 Å². The van der Waals surface area contributed by atoms with E-state index in [1.807, 2.05) is 12.1 Å². The third-order valence-corrected chi connectivity index (χ3v) is 2.64. The van der Waals surface area contributed by atoms with Gasteiger partial charge in [-0.25, -0.2) is 0 Å². The molecule has 2 nitrogen and oxygen atoms in total. The number of aliphatic hydroxyl groups is 1. The molecule has 0 fully saturated rings. The number of benzene rings is 1. The van der Waals surface area contributed by atoms with Crippen molar-refractivity contribution in [2.24, 2.45) is 0 Å². The summed E-state index contributed by atoms with van der Waals surface area (Å²) in [6.45, 7) is 5.16. The van der Waals surface area contributed by atoms with Crippen molar-refractivity contribution in [1.29, 1.82) is 0 Å².